The number of hydroxylamine groups is 1. The number of hydrogen-bond acceptors (Lipinski definition) is 8. The summed E-state index contributed by atoms with van der Waals surface area (Å²) in [4.78, 5) is 29.9. The molecule has 0 spiro atoms. The fourth-order valence-corrected chi connectivity index (χ4v) is 5.96. The van der Waals surface area contributed by atoms with Crippen molar-refractivity contribution in [1.29, 1.82) is 0 Å². The molecule has 0 bridgehead atoms. The summed E-state index contributed by atoms with van der Waals surface area (Å²) < 4.78 is 27.6. The Morgan fingerprint density at radius 3 is 2.68 bits per heavy atom. The van der Waals surface area contributed by atoms with E-state index in [0.717, 1.165) is 49.5 Å². The molecule has 2 amide bonds. The van der Waals surface area contributed by atoms with Gasteiger partial charge in [0, 0.05) is 50.8 Å². The minimum absolute atomic E-state index is 0.0654. The van der Waals surface area contributed by atoms with E-state index in [1.165, 1.54) is 28.6 Å². The number of likely N-dealkylation sites (tertiary alicyclic amines) is 1. The van der Waals surface area contributed by atoms with E-state index in [9.17, 15) is 18.0 Å². The van der Waals surface area contributed by atoms with Crippen molar-refractivity contribution < 1.29 is 28.0 Å². The quantitative estimate of drug-likeness (QED) is 0.312. The third-order valence-electron chi connectivity index (χ3n) is 6.62. The van der Waals surface area contributed by atoms with Gasteiger partial charge in [-0.25, -0.2) is 13.9 Å². The molecule has 1 aromatic rings. The van der Waals surface area contributed by atoms with Crippen LogP contribution >= 0.6 is 11.3 Å². The van der Waals surface area contributed by atoms with Crippen LogP contribution in [-0.4, -0.2) is 85.6 Å². The average Bonchev–Trinajstić information content (AvgIpc) is 3.25. The maximum absolute atomic E-state index is 12.8. The van der Waals surface area contributed by atoms with E-state index in [-0.39, 0.29) is 18.9 Å². The molecule has 34 heavy (non-hydrogen) atoms. The molecule has 182 valence electrons. The maximum Gasteiger partial charge on any atom is 0.264 e. The minimum atomic E-state index is -3.82. The van der Waals surface area contributed by atoms with Crippen molar-refractivity contribution in [1.82, 2.24) is 15.3 Å². The minimum Gasteiger partial charge on any atom is -0.381 e. The molecule has 4 heterocycles. The number of thiophene rings is 1. The van der Waals surface area contributed by atoms with Crippen molar-refractivity contribution in [3.63, 3.8) is 0 Å². The molecule has 3 aliphatic heterocycles. The molecule has 0 aromatic carbocycles. The van der Waals surface area contributed by atoms with Gasteiger partial charge >= 0.3 is 0 Å². The zero-order valence-corrected chi connectivity index (χ0v) is 20.7. The number of carbonyl (C=O) groups is 2. The van der Waals surface area contributed by atoms with Gasteiger partial charge in [0.1, 0.15) is 0 Å². The second-order valence-corrected chi connectivity index (χ2v) is 12.7. The van der Waals surface area contributed by atoms with Crippen molar-refractivity contribution in [3.8, 4) is 23.7 Å². The van der Waals surface area contributed by atoms with Gasteiger partial charge in [0.05, 0.1) is 23.0 Å². The van der Waals surface area contributed by atoms with Crippen LogP contribution in [0.1, 0.15) is 33.5 Å². The van der Waals surface area contributed by atoms with Gasteiger partial charge in [-0.15, -0.1) is 11.3 Å². The van der Waals surface area contributed by atoms with Gasteiger partial charge < -0.3 is 14.5 Å². The molecule has 4 rings (SSSR count). The number of hydrogen-bond donors (Lipinski definition) is 2. The molecular weight excluding hydrogens is 478 g/mol. The van der Waals surface area contributed by atoms with Crippen LogP contribution in [0, 0.1) is 35.5 Å². The van der Waals surface area contributed by atoms with Crippen LogP contribution in [-0.2, 0) is 25.9 Å². The number of amides is 2. The van der Waals surface area contributed by atoms with Crippen molar-refractivity contribution in [2.45, 2.75) is 24.6 Å². The molecule has 1 atom stereocenters. The summed E-state index contributed by atoms with van der Waals surface area (Å²) >= 11 is 1.29. The molecule has 2 fully saturated rings. The smallest absolute Gasteiger partial charge is 0.264 e. The zero-order chi connectivity index (χ0) is 24.5. The SMILES string of the molecule is CC(CCN1Cc2cc(C#CC#CC3CN(CC4COC4)C3)sc2C1=O)(C(=O)NO)S(C)(=O)=O. The van der Waals surface area contributed by atoms with E-state index < -0.39 is 20.5 Å². The molecule has 1 unspecified atom stereocenters. The number of fused-ring (bicyclic) bond motifs is 1. The van der Waals surface area contributed by atoms with Crippen LogP contribution in [0.4, 0.5) is 0 Å². The molecule has 9 nitrogen and oxygen atoms in total. The fourth-order valence-electron chi connectivity index (χ4n) is 4.12. The van der Waals surface area contributed by atoms with Crippen molar-refractivity contribution in [2.24, 2.45) is 11.8 Å². The highest BCUT2D eigenvalue weighted by Crippen LogP contribution is 2.32. The highest BCUT2D eigenvalue weighted by atomic mass is 32.2. The molecule has 0 saturated carbocycles. The van der Waals surface area contributed by atoms with E-state index in [2.05, 4.69) is 28.6 Å². The van der Waals surface area contributed by atoms with Crippen molar-refractivity contribution >= 4 is 33.0 Å². The Morgan fingerprint density at radius 1 is 1.35 bits per heavy atom. The largest absolute Gasteiger partial charge is 0.381 e. The van der Waals surface area contributed by atoms with Gasteiger partial charge in [-0.2, -0.15) is 0 Å². The van der Waals surface area contributed by atoms with E-state index in [1.54, 1.807) is 0 Å². The monoisotopic (exact) mass is 505 g/mol. The van der Waals surface area contributed by atoms with Crippen LogP contribution in [0.15, 0.2) is 6.07 Å². The third-order valence-corrected chi connectivity index (χ3v) is 9.72. The lowest BCUT2D eigenvalue weighted by atomic mass is 9.98. The predicted octanol–water partition coefficient (Wildman–Crippen LogP) is 0.336. The van der Waals surface area contributed by atoms with Gasteiger partial charge in [0.2, 0.25) is 0 Å². The molecule has 0 aliphatic carbocycles. The molecule has 2 saturated heterocycles. The Labute approximate surface area is 203 Å². The fraction of sp³-hybridized carbons (Fsp3) is 0.565. The Morgan fingerprint density at radius 2 is 2.09 bits per heavy atom. The van der Waals surface area contributed by atoms with Crippen LogP contribution in [0.25, 0.3) is 0 Å². The second-order valence-electron chi connectivity index (χ2n) is 9.22. The van der Waals surface area contributed by atoms with Crippen LogP contribution in [0.3, 0.4) is 0 Å². The summed E-state index contributed by atoms with van der Waals surface area (Å²) in [5, 5.41) is 8.94. The number of ether oxygens (including phenoxy) is 1. The second kappa shape index (κ2) is 9.68. The van der Waals surface area contributed by atoms with E-state index in [0.29, 0.717) is 23.3 Å². The van der Waals surface area contributed by atoms with Gasteiger partial charge in [-0.3, -0.25) is 14.8 Å². The summed E-state index contributed by atoms with van der Waals surface area (Å²) in [6.45, 7) is 6.39. The zero-order valence-electron chi connectivity index (χ0n) is 19.1. The van der Waals surface area contributed by atoms with Crippen LogP contribution < -0.4 is 5.48 Å². The van der Waals surface area contributed by atoms with Crippen LogP contribution in [0.2, 0.25) is 0 Å². The highest BCUT2D eigenvalue weighted by molar-refractivity contribution is 7.92. The standard InChI is InChI=1S/C23H27N3O6S2/c1-23(22(28)24-29,34(2,30)31)7-8-26-13-18-9-19(33-20(18)21(26)27)6-4-3-5-16-10-25(11-16)12-17-14-32-15-17/h9,16-17,29H,7-8,10-15H2,1-2H3,(H,24,28). The number of nitrogens with zero attached hydrogens (tertiary/aromatic N) is 2. The summed E-state index contributed by atoms with van der Waals surface area (Å²) in [5.41, 5.74) is 2.25. The lowest BCUT2D eigenvalue weighted by Gasteiger charge is -2.40. The van der Waals surface area contributed by atoms with E-state index in [1.807, 2.05) is 6.07 Å². The maximum atomic E-state index is 12.8. The first-order valence-electron chi connectivity index (χ1n) is 11.0. The first kappa shape index (κ1) is 24.7. The molecule has 11 heteroatoms. The molecular formula is C23H27N3O6S2. The summed E-state index contributed by atoms with van der Waals surface area (Å²) in [6.07, 6.45) is 0.804. The normalized spacial score (nSPS) is 20.2. The molecule has 0 radical (unpaired) electrons. The molecule has 1 aromatic heterocycles. The highest BCUT2D eigenvalue weighted by Gasteiger charge is 2.44. The lowest BCUT2D eigenvalue weighted by molar-refractivity contribution is -0.131. The number of carbonyl (C=O) groups excluding carboxylic acids is 2. The van der Waals surface area contributed by atoms with Crippen LogP contribution in [0.5, 0.6) is 0 Å². The van der Waals surface area contributed by atoms with Gasteiger partial charge in [0.15, 0.2) is 14.6 Å². The molecule has 3 aliphatic rings. The van der Waals surface area contributed by atoms with Gasteiger partial charge in [0.25, 0.3) is 11.8 Å². The lowest BCUT2D eigenvalue weighted by Crippen LogP contribution is -2.50. The van der Waals surface area contributed by atoms with Crippen molar-refractivity contribution in [3.05, 3.63) is 21.4 Å². The first-order chi connectivity index (χ1) is 16.1. The topological polar surface area (TPSA) is 116 Å². The first-order valence-corrected chi connectivity index (χ1v) is 13.7. The van der Waals surface area contributed by atoms with Gasteiger partial charge in [-0.1, -0.05) is 5.92 Å². The van der Waals surface area contributed by atoms with E-state index >= 15 is 0 Å². The third kappa shape index (κ3) is 4.99. The Hall–Kier alpha value is -2.41. The van der Waals surface area contributed by atoms with Crippen molar-refractivity contribution in [2.75, 3.05) is 45.6 Å². The molecule has 2 N–H and O–H groups in total. The summed E-state index contributed by atoms with van der Waals surface area (Å²) in [5.74, 6) is 11.8. The summed E-state index contributed by atoms with van der Waals surface area (Å²) in [7, 11) is -3.82. The number of rotatable bonds is 7. The number of nitrogens with one attached hydrogen (secondary N) is 1. The predicted molar refractivity (Wildman–Crippen MR) is 126 cm³/mol. The summed E-state index contributed by atoms with van der Waals surface area (Å²) in [6, 6.07) is 1.86. The Bertz CT molecular complexity index is 1210. The van der Waals surface area contributed by atoms with E-state index in [4.69, 9.17) is 9.94 Å². The number of sulfone groups is 1. The average molecular weight is 506 g/mol. The Kier molecular flexibility index (Phi) is 7.04. The van der Waals surface area contributed by atoms with Gasteiger partial charge in [-0.05, 0) is 42.7 Å². The Balaban J connectivity index is 1.29.